The second-order valence-corrected chi connectivity index (χ2v) is 5.93. The van der Waals surface area contributed by atoms with E-state index in [0.29, 0.717) is 5.82 Å². The molecule has 1 aliphatic rings. The van der Waals surface area contributed by atoms with E-state index in [9.17, 15) is 9.59 Å². The smallest absolute Gasteiger partial charge is 0.314 e. The van der Waals surface area contributed by atoms with Gasteiger partial charge in [-0.2, -0.15) is 16.9 Å². The van der Waals surface area contributed by atoms with Crippen LogP contribution in [0.2, 0.25) is 0 Å². The molecule has 2 aromatic rings. The minimum absolute atomic E-state index is 0.0398. The molecule has 2 heterocycles. The summed E-state index contributed by atoms with van der Waals surface area (Å²) >= 11 is 1.72. The van der Waals surface area contributed by atoms with Gasteiger partial charge in [-0.15, -0.1) is 0 Å². The van der Waals surface area contributed by atoms with Crippen LogP contribution in [0.1, 0.15) is 11.3 Å². The van der Waals surface area contributed by atoms with Crippen molar-refractivity contribution in [1.29, 1.82) is 0 Å². The van der Waals surface area contributed by atoms with Gasteiger partial charge in [-0.25, -0.2) is 4.68 Å². The highest BCUT2D eigenvalue weighted by molar-refractivity contribution is 7.98. The van der Waals surface area contributed by atoms with E-state index in [1.165, 1.54) is 0 Å². The van der Waals surface area contributed by atoms with Gasteiger partial charge in [0.25, 0.3) is 0 Å². The van der Waals surface area contributed by atoms with Crippen molar-refractivity contribution in [2.24, 2.45) is 0 Å². The van der Waals surface area contributed by atoms with Crippen LogP contribution in [0.5, 0.6) is 0 Å². The number of benzene rings is 1. The fourth-order valence-corrected chi connectivity index (χ4v) is 3.35. The van der Waals surface area contributed by atoms with Gasteiger partial charge in [0.05, 0.1) is 18.0 Å². The first kappa shape index (κ1) is 15.6. The van der Waals surface area contributed by atoms with Crippen molar-refractivity contribution in [1.82, 2.24) is 15.1 Å². The molecule has 120 valence electrons. The number of carbonyl (C=O) groups excluding carboxylic acids is 2. The maximum Gasteiger partial charge on any atom is 0.314 e. The molecule has 0 fully saturated rings. The number of nitrogens with one attached hydrogen (secondary N) is 2. The number of hydrogen-bond acceptors (Lipinski definition) is 5. The van der Waals surface area contributed by atoms with E-state index in [4.69, 9.17) is 5.11 Å². The summed E-state index contributed by atoms with van der Waals surface area (Å²) in [4.78, 5) is 23.8. The number of aromatic nitrogens is 2. The predicted octanol–water partition coefficient (Wildman–Crippen LogP) is 0.666. The molecule has 7 nitrogen and oxygen atoms in total. The molecule has 3 rings (SSSR count). The molecule has 0 bridgehead atoms. The Balaban J connectivity index is 1.89. The van der Waals surface area contributed by atoms with Crippen molar-refractivity contribution in [3.63, 3.8) is 0 Å². The van der Waals surface area contributed by atoms with Gasteiger partial charge >= 0.3 is 11.8 Å². The maximum absolute atomic E-state index is 12.0. The predicted molar refractivity (Wildman–Crippen MR) is 87.3 cm³/mol. The maximum atomic E-state index is 12.0. The van der Waals surface area contributed by atoms with E-state index in [2.05, 4.69) is 15.7 Å². The number of thioether (sulfide) groups is 1. The van der Waals surface area contributed by atoms with Crippen LogP contribution in [-0.2, 0) is 21.1 Å². The van der Waals surface area contributed by atoms with Crippen LogP contribution in [-0.4, -0.2) is 39.9 Å². The second kappa shape index (κ2) is 6.84. The molecule has 0 saturated heterocycles. The van der Waals surface area contributed by atoms with Crippen LogP contribution in [0.15, 0.2) is 30.3 Å². The molecule has 3 N–H and O–H groups in total. The van der Waals surface area contributed by atoms with Gasteiger partial charge in [-0.3, -0.25) is 9.59 Å². The van der Waals surface area contributed by atoms with E-state index in [0.717, 1.165) is 28.5 Å². The molecule has 1 aliphatic heterocycles. The number of hydrogen-bond donors (Lipinski definition) is 3. The molecule has 1 aromatic heterocycles. The van der Waals surface area contributed by atoms with Gasteiger partial charge in [-0.05, 0) is 12.1 Å². The lowest BCUT2D eigenvalue weighted by Gasteiger charge is -2.10. The van der Waals surface area contributed by atoms with Crippen LogP contribution in [0.25, 0.3) is 5.69 Å². The van der Waals surface area contributed by atoms with Crippen molar-refractivity contribution in [2.75, 3.05) is 18.5 Å². The lowest BCUT2D eigenvalue weighted by atomic mass is 10.2. The molecular formula is C15H16N4O3S. The summed E-state index contributed by atoms with van der Waals surface area (Å²) in [5, 5.41) is 18.2. The number of para-hydroxylation sites is 1. The number of aliphatic hydroxyl groups is 1. The molecule has 8 heteroatoms. The van der Waals surface area contributed by atoms with Crippen LogP contribution >= 0.6 is 11.8 Å². The van der Waals surface area contributed by atoms with Crippen molar-refractivity contribution in [3.05, 3.63) is 41.6 Å². The van der Waals surface area contributed by atoms with E-state index in [1.54, 1.807) is 16.4 Å². The number of fused-ring (bicyclic) bond motifs is 1. The first-order valence-corrected chi connectivity index (χ1v) is 8.30. The number of carbonyl (C=O) groups is 2. The number of aliphatic hydroxyl groups excluding tert-OH is 1. The normalized spacial score (nSPS) is 12.7. The number of amides is 2. The Morgan fingerprint density at radius 2 is 2.00 bits per heavy atom. The third-order valence-corrected chi connectivity index (χ3v) is 4.36. The highest BCUT2D eigenvalue weighted by atomic mass is 32.2. The highest BCUT2D eigenvalue weighted by Gasteiger charge is 2.26. The second-order valence-electron chi connectivity index (χ2n) is 4.95. The van der Waals surface area contributed by atoms with Gasteiger partial charge < -0.3 is 15.7 Å². The van der Waals surface area contributed by atoms with Gasteiger partial charge in [0.15, 0.2) is 0 Å². The average Bonchev–Trinajstić information content (AvgIpc) is 3.16. The van der Waals surface area contributed by atoms with E-state index < -0.39 is 11.8 Å². The standard InChI is InChI=1S/C15H16N4O3S/c20-7-6-16-14(21)15(22)17-13-11-8-23-9-12(11)18-19(13)10-4-2-1-3-5-10/h1-5,20H,6-9H2,(H,16,21)(H,17,22). The summed E-state index contributed by atoms with van der Waals surface area (Å²) in [6.45, 7) is -0.175. The molecule has 0 aliphatic carbocycles. The Kier molecular flexibility index (Phi) is 4.63. The fourth-order valence-electron chi connectivity index (χ4n) is 2.31. The highest BCUT2D eigenvalue weighted by Crippen LogP contribution is 2.35. The topological polar surface area (TPSA) is 96.2 Å². The molecule has 0 unspecified atom stereocenters. The molecule has 0 radical (unpaired) electrons. The Morgan fingerprint density at radius 3 is 2.74 bits per heavy atom. The van der Waals surface area contributed by atoms with Crippen LogP contribution in [0.3, 0.4) is 0 Å². The van der Waals surface area contributed by atoms with E-state index >= 15 is 0 Å². The van der Waals surface area contributed by atoms with Gasteiger partial charge in [0.2, 0.25) is 0 Å². The summed E-state index contributed by atoms with van der Waals surface area (Å²) in [7, 11) is 0. The average molecular weight is 332 g/mol. The first-order valence-electron chi connectivity index (χ1n) is 7.14. The summed E-state index contributed by atoms with van der Waals surface area (Å²) < 4.78 is 1.65. The lowest BCUT2D eigenvalue weighted by Crippen LogP contribution is -2.37. The largest absolute Gasteiger partial charge is 0.395 e. The molecule has 23 heavy (non-hydrogen) atoms. The van der Waals surface area contributed by atoms with Gasteiger partial charge in [0, 0.05) is 23.6 Å². The third kappa shape index (κ3) is 3.22. The quantitative estimate of drug-likeness (QED) is 0.715. The molecule has 2 amide bonds. The van der Waals surface area contributed by atoms with Crippen molar-refractivity contribution in [2.45, 2.75) is 11.5 Å². The molecule has 1 aromatic carbocycles. The first-order chi connectivity index (χ1) is 11.2. The molecule has 0 saturated carbocycles. The van der Waals surface area contributed by atoms with Crippen molar-refractivity contribution < 1.29 is 14.7 Å². The molecular weight excluding hydrogens is 316 g/mol. The Morgan fingerprint density at radius 1 is 1.22 bits per heavy atom. The summed E-state index contributed by atoms with van der Waals surface area (Å²) in [6.07, 6.45) is 0. The third-order valence-electron chi connectivity index (χ3n) is 3.39. The van der Waals surface area contributed by atoms with Crippen LogP contribution in [0, 0.1) is 0 Å². The monoisotopic (exact) mass is 332 g/mol. The summed E-state index contributed by atoms with van der Waals surface area (Å²) in [5.74, 6) is 0.514. The van der Waals surface area contributed by atoms with Crippen molar-refractivity contribution in [3.8, 4) is 5.69 Å². The Bertz CT molecular complexity index is 730. The lowest BCUT2D eigenvalue weighted by molar-refractivity contribution is -0.136. The SMILES string of the molecule is O=C(NCCO)C(=O)Nc1c2c(nn1-c1ccccc1)CSC2. The van der Waals surface area contributed by atoms with Crippen LogP contribution in [0.4, 0.5) is 5.82 Å². The number of anilines is 1. The van der Waals surface area contributed by atoms with Crippen LogP contribution < -0.4 is 10.6 Å². The zero-order chi connectivity index (χ0) is 16.2. The summed E-state index contributed by atoms with van der Waals surface area (Å²) in [5.41, 5.74) is 2.69. The number of nitrogens with zero attached hydrogens (tertiary/aromatic N) is 2. The van der Waals surface area contributed by atoms with Crippen molar-refractivity contribution >= 4 is 29.4 Å². The van der Waals surface area contributed by atoms with E-state index in [-0.39, 0.29) is 13.2 Å². The minimum atomic E-state index is -0.778. The Hall–Kier alpha value is -2.32. The van der Waals surface area contributed by atoms with E-state index in [1.807, 2.05) is 30.3 Å². The zero-order valence-electron chi connectivity index (χ0n) is 12.3. The zero-order valence-corrected chi connectivity index (χ0v) is 13.1. The summed E-state index contributed by atoms with van der Waals surface area (Å²) in [6, 6.07) is 9.44. The van der Waals surface area contributed by atoms with Gasteiger partial charge in [0.1, 0.15) is 5.82 Å². The minimum Gasteiger partial charge on any atom is -0.395 e. The number of rotatable bonds is 4. The molecule has 0 atom stereocenters. The van der Waals surface area contributed by atoms with Gasteiger partial charge in [-0.1, -0.05) is 18.2 Å². The fraction of sp³-hybridized carbons (Fsp3) is 0.267. The Labute approximate surface area is 137 Å². The molecule has 0 spiro atoms.